The molecular weight excluding hydrogens is 370 g/mol. The molecule has 1 aromatic carbocycles. The minimum atomic E-state index is -0.438. The summed E-state index contributed by atoms with van der Waals surface area (Å²) in [6.45, 7) is 8.07. The second kappa shape index (κ2) is 12.0. The lowest BCUT2D eigenvalue weighted by molar-refractivity contribution is -0.124. The van der Waals surface area contributed by atoms with Crippen molar-refractivity contribution >= 4 is 41.4 Å². The van der Waals surface area contributed by atoms with Crippen molar-refractivity contribution in [2.24, 2.45) is 0 Å². The second-order valence-corrected chi connectivity index (χ2v) is 7.63. The van der Waals surface area contributed by atoms with Crippen LogP contribution in [0.4, 0.5) is 0 Å². The summed E-state index contributed by atoms with van der Waals surface area (Å²) in [7, 11) is 1.52. The van der Waals surface area contributed by atoms with Gasteiger partial charge in [0.1, 0.15) is 6.04 Å². The van der Waals surface area contributed by atoms with Crippen molar-refractivity contribution in [1.82, 2.24) is 14.9 Å². The largest absolute Gasteiger partial charge is 0.357 e. The second-order valence-electron chi connectivity index (χ2n) is 5.87. The highest BCUT2D eigenvalue weighted by atomic mass is 35.5. The van der Waals surface area contributed by atoms with Crippen LogP contribution in [0.2, 0.25) is 5.02 Å². The van der Waals surface area contributed by atoms with Gasteiger partial charge in [-0.1, -0.05) is 48.7 Å². The first-order valence-corrected chi connectivity index (χ1v) is 9.99. The van der Waals surface area contributed by atoms with Crippen LogP contribution in [-0.4, -0.2) is 48.6 Å². The summed E-state index contributed by atoms with van der Waals surface area (Å²) in [4.78, 5) is 20.3. The Balaban J connectivity index is 0.000000321. The topological polar surface area (TPSA) is 61.4 Å². The number of hydrogen-bond acceptors (Lipinski definition) is 4. The molecule has 1 aliphatic rings. The van der Waals surface area contributed by atoms with Crippen LogP contribution in [-0.2, 0) is 9.59 Å². The van der Waals surface area contributed by atoms with Crippen molar-refractivity contribution in [1.29, 1.82) is 0 Å². The summed E-state index contributed by atoms with van der Waals surface area (Å²) >= 11 is 7.98. The number of aryl methyl sites for hydroxylation is 1. The molecule has 0 aliphatic carbocycles. The lowest BCUT2D eigenvalue weighted by atomic mass is 9.99. The van der Waals surface area contributed by atoms with E-state index in [2.05, 4.69) is 47.0 Å². The van der Waals surface area contributed by atoms with Gasteiger partial charge in [-0.25, -0.2) is 4.31 Å². The van der Waals surface area contributed by atoms with Crippen LogP contribution in [0.25, 0.3) is 5.57 Å². The number of nitrogens with zero attached hydrogens (tertiary/aromatic N) is 1. The smallest absolute Gasteiger partial charge is 0.242 e. The van der Waals surface area contributed by atoms with Gasteiger partial charge in [0.15, 0.2) is 0 Å². The average Bonchev–Trinajstić information content (AvgIpc) is 2.65. The third-order valence-corrected chi connectivity index (χ3v) is 5.35. The maximum atomic E-state index is 10.6. The van der Waals surface area contributed by atoms with Crippen LogP contribution in [0, 0.1) is 6.92 Å². The van der Waals surface area contributed by atoms with Gasteiger partial charge in [0, 0.05) is 30.9 Å². The number of carbonyl (C=O) groups excluding carboxylic acids is 2. The normalized spacial score (nSPS) is 15.2. The van der Waals surface area contributed by atoms with Crippen LogP contribution in [0.15, 0.2) is 24.3 Å². The van der Waals surface area contributed by atoms with E-state index in [0.717, 1.165) is 35.8 Å². The molecule has 5 nitrogen and oxygen atoms in total. The van der Waals surface area contributed by atoms with E-state index in [0.29, 0.717) is 6.41 Å². The van der Waals surface area contributed by atoms with Crippen molar-refractivity contribution in [2.45, 2.75) is 33.2 Å². The molecule has 0 bridgehead atoms. The van der Waals surface area contributed by atoms with Crippen LogP contribution < -0.4 is 10.6 Å². The van der Waals surface area contributed by atoms with Crippen LogP contribution >= 0.6 is 23.5 Å². The minimum absolute atomic E-state index is 0.192. The van der Waals surface area contributed by atoms with Crippen molar-refractivity contribution < 1.29 is 9.59 Å². The Kier molecular flexibility index (Phi) is 10.4. The first-order valence-electron chi connectivity index (χ1n) is 8.67. The predicted octanol–water partition coefficient (Wildman–Crippen LogP) is 3.27. The summed E-state index contributed by atoms with van der Waals surface area (Å²) in [5.74, 6) is 0.963. The molecule has 1 atom stereocenters. The zero-order valence-corrected chi connectivity index (χ0v) is 17.4. The number of nitrogens with one attached hydrogen (secondary N) is 2. The highest BCUT2D eigenvalue weighted by molar-refractivity contribution is 7.96. The fourth-order valence-corrected chi connectivity index (χ4v) is 3.33. The number of rotatable bonds is 6. The third-order valence-electron chi connectivity index (χ3n) is 3.97. The van der Waals surface area contributed by atoms with Gasteiger partial charge in [-0.05, 0) is 43.0 Å². The summed E-state index contributed by atoms with van der Waals surface area (Å²) < 4.78 is 2.42. The number of carbonyl (C=O) groups is 2. The summed E-state index contributed by atoms with van der Waals surface area (Å²) in [5.41, 5.74) is 3.95. The summed E-state index contributed by atoms with van der Waals surface area (Å²) in [6.07, 6.45) is 3.98. The van der Waals surface area contributed by atoms with Gasteiger partial charge in [-0.2, -0.15) is 0 Å². The zero-order valence-electron chi connectivity index (χ0n) is 15.8. The molecule has 0 radical (unpaired) electrons. The van der Waals surface area contributed by atoms with E-state index in [4.69, 9.17) is 11.6 Å². The average molecular weight is 398 g/mol. The first-order chi connectivity index (χ1) is 12.4. The molecule has 0 fully saturated rings. The molecule has 2 amide bonds. The molecule has 0 saturated carbocycles. The van der Waals surface area contributed by atoms with Crippen LogP contribution in [0.1, 0.15) is 31.4 Å². The molecule has 7 heteroatoms. The van der Waals surface area contributed by atoms with Gasteiger partial charge in [-0.3, -0.25) is 9.59 Å². The van der Waals surface area contributed by atoms with Crippen LogP contribution in [0.5, 0.6) is 0 Å². The van der Waals surface area contributed by atoms with Gasteiger partial charge < -0.3 is 10.6 Å². The Labute approximate surface area is 165 Å². The van der Waals surface area contributed by atoms with Gasteiger partial charge in [-0.15, -0.1) is 0 Å². The Bertz CT molecular complexity index is 637. The van der Waals surface area contributed by atoms with Crippen molar-refractivity contribution in [3.63, 3.8) is 0 Å². The molecule has 1 unspecified atom stereocenters. The fourth-order valence-electron chi connectivity index (χ4n) is 2.45. The Morgan fingerprint density at radius 2 is 2.19 bits per heavy atom. The number of benzene rings is 1. The van der Waals surface area contributed by atoms with E-state index in [1.807, 2.05) is 18.0 Å². The monoisotopic (exact) mass is 397 g/mol. The summed E-state index contributed by atoms with van der Waals surface area (Å²) in [5, 5.41) is 5.55. The van der Waals surface area contributed by atoms with Crippen molar-refractivity contribution in [3.05, 3.63) is 40.4 Å². The van der Waals surface area contributed by atoms with E-state index in [-0.39, 0.29) is 5.91 Å². The number of hydrogen-bond donors (Lipinski definition) is 2. The molecule has 2 rings (SSSR count). The highest BCUT2D eigenvalue weighted by Gasteiger charge is 2.13. The molecule has 0 saturated heterocycles. The molecule has 0 spiro atoms. The van der Waals surface area contributed by atoms with E-state index < -0.39 is 6.04 Å². The maximum absolute atomic E-state index is 10.6. The van der Waals surface area contributed by atoms with Gasteiger partial charge in [0.2, 0.25) is 12.3 Å². The lowest BCUT2D eigenvalue weighted by Gasteiger charge is -2.25. The Hall–Kier alpha value is -1.50. The van der Waals surface area contributed by atoms with E-state index >= 15 is 0 Å². The molecule has 26 heavy (non-hydrogen) atoms. The molecule has 1 heterocycles. The lowest BCUT2D eigenvalue weighted by Crippen LogP contribution is -2.39. The Morgan fingerprint density at radius 3 is 2.69 bits per heavy atom. The first kappa shape index (κ1) is 22.5. The standard InChI is InChI=1S/C14H18ClNS.C5H10N2O2/c1-3-17-16-8-6-12(7-9-16)13-4-5-14(15)11(2)10-13;1-4(7-3-8)5(9)6-2/h4-6,10H,3,7-9H2,1-2H3;3-4H,1-2H3,(H,6,9)(H,7,8). The maximum Gasteiger partial charge on any atom is 0.242 e. The summed E-state index contributed by atoms with van der Waals surface area (Å²) in [6, 6.07) is 5.88. The highest BCUT2D eigenvalue weighted by Crippen LogP contribution is 2.27. The van der Waals surface area contributed by atoms with Gasteiger partial charge >= 0.3 is 0 Å². The molecule has 144 valence electrons. The van der Waals surface area contributed by atoms with Crippen molar-refractivity contribution in [3.8, 4) is 0 Å². The molecule has 0 aromatic heterocycles. The Morgan fingerprint density at radius 1 is 1.46 bits per heavy atom. The van der Waals surface area contributed by atoms with E-state index in [1.165, 1.54) is 18.2 Å². The number of halogens is 1. The van der Waals surface area contributed by atoms with Gasteiger partial charge in [0.25, 0.3) is 0 Å². The predicted molar refractivity (Wildman–Crippen MR) is 111 cm³/mol. The van der Waals surface area contributed by atoms with E-state index in [1.54, 1.807) is 6.92 Å². The SMILES string of the molecule is CCSN1CC=C(c2ccc(Cl)c(C)c2)CC1.CNC(=O)C(C)NC=O. The minimum Gasteiger partial charge on any atom is -0.357 e. The fraction of sp³-hybridized carbons (Fsp3) is 0.474. The quantitative estimate of drug-likeness (QED) is 0.571. The van der Waals surface area contributed by atoms with Crippen LogP contribution in [0.3, 0.4) is 0 Å². The number of amides is 2. The molecule has 2 N–H and O–H groups in total. The molecular formula is C19H28ClN3O2S. The molecule has 1 aromatic rings. The third kappa shape index (κ3) is 7.40. The van der Waals surface area contributed by atoms with Crippen molar-refractivity contribution in [2.75, 3.05) is 25.9 Å². The van der Waals surface area contributed by atoms with Gasteiger partial charge in [0.05, 0.1) is 0 Å². The zero-order chi connectivity index (χ0) is 19.5. The number of likely N-dealkylation sites (N-methyl/N-ethyl adjacent to an activating group) is 1. The molecule has 1 aliphatic heterocycles. The van der Waals surface area contributed by atoms with E-state index in [9.17, 15) is 9.59 Å².